The van der Waals surface area contributed by atoms with E-state index >= 15 is 0 Å². The van der Waals surface area contributed by atoms with Gasteiger partial charge in [-0.1, -0.05) is 0 Å². The number of hydrogen-bond donors (Lipinski definition) is 0. The molecule has 0 bridgehead atoms. The summed E-state index contributed by atoms with van der Waals surface area (Å²) < 4.78 is 1.64. The molecular weight excluding hydrogens is 236 g/mol. The van der Waals surface area contributed by atoms with Gasteiger partial charge in [-0.15, -0.1) is 0 Å². The Morgan fingerprint density at radius 1 is 1.06 bits per heavy atom. The number of thioether (sulfide) groups is 1. The maximum Gasteiger partial charge on any atom is 0.160 e. The summed E-state index contributed by atoms with van der Waals surface area (Å²) in [7, 11) is 0. The van der Waals surface area contributed by atoms with Gasteiger partial charge in [0.1, 0.15) is 24.8 Å². The van der Waals surface area contributed by atoms with Gasteiger partial charge in [-0.05, 0) is 0 Å². The van der Waals surface area contributed by atoms with Crippen molar-refractivity contribution in [2.24, 2.45) is 0 Å². The van der Waals surface area contributed by atoms with Crippen LogP contribution in [0.2, 0.25) is 0 Å². The molecule has 0 radical (unpaired) electrons. The van der Waals surface area contributed by atoms with Gasteiger partial charge >= 0.3 is 0 Å². The molecule has 1 fully saturated rings. The van der Waals surface area contributed by atoms with Gasteiger partial charge < -0.3 is 4.90 Å². The van der Waals surface area contributed by atoms with Crippen molar-refractivity contribution < 1.29 is 0 Å². The summed E-state index contributed by atoms with van der Waals surface area (Å²) in [5.74, 6) is 4.03. The molecule has 0 amide bonds. The maximum absolute atomic E-state index is 4.32. The Bertz CT molecular complexity index is 479. The molecule has 88 valence electrons. The van der Waals surface area contributed by atoms with Crippen molar-refractivity contribution in [3.05, 3.63) is 25.0 Å². The molecule has 3 rings (SSSR count). The molecule has 0 aromatic carbocycles. The van der Waals surface area contributed by atoms with Crippen molar-refractivity contribution >= 4 is 17.6 Å². The highest BCUT2D eigenvalue weighted by Gasteiger charge is 2.13. The molecule has 0 unspecified atom stereocenters. The zero-order valence-corrected chi connectivity index (χ0v) is 10.0. The molecule has 1 saturated heterocycles. The third-order valence-electron chi connectivity index (χ3n) is 2.63. The average Bonchev–Trinajstić information content (AvgIpc) is 2.94. The first-order valence-corrected chi connectivity index (χ1v) is 6.59. The van der Waals surface area contributed by atoms with Crippen LogP contribution in [0.4, 0.5) is 5.82 Å². The van der Waals surface area contributed by atoms with Gasteiger partial charge in [-0.3, -0.25) is 0 Å². The topological polar surface area (TPSA) is 59.7 Å². The van der Waals surface area contributed by atoms with Crippen molar-refractivity contribution in [3.63, 3.8) is 0 Å². The van der Waals surface area contributed by atoms with E-state index in [9.17, 15) is 0 Å². The van der Waals surface area contributed by atoms with Gasteiger partial charge in [0.05, 0.1) is 0 Å². The number of anilines is 1. The molecule has 7 heteroatoms. The number of rotatable bonds is 2. The summed E-state index contributed by atoms with van der Waals surface area (Å²) >= 11 is 1.98. The molecule has 0 saturated carbocycles. The molecule has 3 heterocycles. The molecule has 1 aliphatic heterocycles. The first-order chi connectivity index (χ1) is 8.43. The SMILES string of the molecule is c1nc(N2CCSCC2)cc(-n2cncn2)n1. The van der Waals surface area contributed by atoms with Crippen molar-refractivity contribution in [2.45, 2.75) is 0 Å². The second kappa shape index (κ2) is 4.70. The Kier molecular flexibility index (Phi) is 2.91. The minimum Gasteiger partial charge on any atom is -0.355 e. The monoisotopic (exact) mass is 248 g/mol. The molecule has 0 atom stereocenters. The highest BCUT2D eigenvalue weighted by atomic mass is 32.2. The predicted molar refractivity (Wildman–Crippen MR) is 66.5 cm³/mol. The molecule has 1 aliphatic rings. The lowest BCUT2D eigenvalue weighted by Gasteiger charge is -2.27. The highest BCUT2D eigenvalue weighted by molar-refractivity contribution is 7.99. The van der Waals surface area contributed by atoms with E-state index in [0.717, 1.165) is 36.2 Å². The lowest BCUT2D eigenvalue weighted by Crippen LogP contribution is -2.33. The Hall–Kier alpha value is -1.63. The van der Waals surface area contributed by atoms with E-state index in [0.29, 0.717) is 0 Å². The van der Waals surface area contributed by atoms with Crippen LogP contribution < -0.4 is 4.90 Å². The third kappa shape index (κ3) is 2.23. The maximum atomic E-state index is 4.32. The molecular formula is C10H12N6S. The number of aromatic nitrogens is 5. The lowest BCUT2D eigenvalue weighted by atomic mass is 10.4. The van der Waals surface area contributed by atoms with Crippen LogP contribution in [0.25, 0.3) is 5.82 Å². The van der Waals surface area contributed by atoms with E-state index in [2.05, 4.69) is 25.0 Å². The Balaban J connectivity index is 1.88. The zero-order valence-electron chi connectivity index (χ0n) is 9.23. The van der Waals surface area contributed by atoms with Gasteiger partial charge in [-0.2, -0.15) is 16.9 Å². The smallest absolute Gasteiger partial charge is 0.160 e. The second-order valence-corrected chi connectivity index (χ2v) is 4.90. The normalized spacial score (nSPS) is 16.1. The summed E-state index contributed by atoms with van der Waals surface area (Å²) in [5.41, 5.74) is 0. The highest BCUT2D eigenvalue weighted by Crippen LogP contribution is 2.17. The Morgan fingerprint density at radius 3 is 2.65 bits per heavy atom. The largest absolute Gasteiger partial charge is 0.355 e. The average molecular weight is 248 g/mol. The van der Waals surface area contributed by atoms with Gasteiger partial charge in [0.2, 0.25) is 0 Å². The van der Waals surface area contributed by atoms with E-state index in [4.69, 9.17) is 0 Å². The fraction of sp³-hybridized carbons (Fsp3) is 0.400. The van der Waals surface area contributed by atoms with E-state index < -0.39 is 0 Å². The van der Waals surface area contributed by atoms with E-state index in [-0.39, 0.29) is 0 Å². The summed E-state index contributed by atoms with van der Waals surface area (Å²) in [6.45, 7) is 2.08. The van der Waals surface area contributed by atoms with Crippen LogP contribution in [0.15, 0.2) is 25.0 Å². The van der Waals surface area contributed by atoms with Crippen molar-refractivity contribution in [3.8, 4) is 5.82 Å². The lowest BCUT2D eigenvalue weighted by molar-refractivity contribution is 0.808. The minimum absolute atomic E-state index is 0.755. The van der Waals surface area contributed by atoms with Crippen LogP contribution in [0.3, 0.4) is 0 Å². The van der Waals surface area contributed by atoms with Gasteiger partial charge in [0.15, 0.2) is 5.82 Å². The molecule has 2 aromatic heterocycles. The summed E-state index contributed by atoms with van der Waals surface area (Å²) in [6, 6.07) is 1.95. The van der Waals surface area contributed by atoms with Crippen molar-refractivity contribution in [1.82, 2.24) is 24.7 Å². The van der Waals surface area contributed by atoms with E-state index in [1.54, 1.807) is 17.3 Å². The van der Waals surface area contributed by atoms with Crippen LogP contribution in [0, 0.1) is 0 Å². The van der Waals surface area contributed by atoms with Crippen LogP contribution in [-0.4, -0.2) is 49.3 Å². The predicted octanol–water partition coefficient (Wildman–Crippen LogP) is 0.610. The molecule has 0 N–H and O–H groups in total. The number of hydrogen-bond acceptors (Lipinski definition) is 6. The summed E-state index contributed by atoms with van der Waals surface area (Å²) in [6.07, 6.45) is 4.71. The molecule has 17 heavy (non-hydrogen) atoms. The molecule has 6 nitrogen and oxygen atoms in total. The fourth-order valence-electron chi connectivity index (χ4n) is 1.75. The van der Waals surface area contributed by atoms with Crippen LogP contribution >= 0.6 is 11.8 Å². The Labute approximate surface area is 103 Å². The van der Waals surface area contributed by atoms with E-state index in [1.165, 1.54) is 6.33 Å². The van der Waals surface area contributed by atoms with Gasteiger partial charge in [-0.25, -0.2) is 19.6 Å². The number of nitrogens with zero attached hydrogens (tertiary/aromatic N) is 6. The van der Waals surface area contributed by atoms with Crippen LogP contribution in [0.1, 0.15) is 0 Å². The van der Waals surface area contributed by atoms with E-state index in [1.807, 2.05) is 17.8 Å². The first kappa shape index (κ1) is 10.5. The second-order valence-electron chi connectivity index (χ2n) is 3.67. The van der Waals surface area contributed by atoms with Gasteiger partial charge in [0, 0.05) is 30.7 Å². The molecule has 0 aliphatic carbocycles. The third-order valence-corrected chi connectivity index (χ3v) is 3.57. The Morgan fingerprint density at radius 2 is 1.88 bits per heavy atom. The zero-order chi connectivity index (χ0) is 11.5. The molecule has 0 spiro atoms. The van der Waals surface area contributed by atoms with Crippen LogP contribution in [-0.2, 0) is 0 Å². The van der Waals surface area contributed by atoms with Crippen molar-refractivity contribution in [2.75, 3.05) is 29.5 Å². The molecule has 2 aromatic rings. The van der Waals surface area contributed by atoms with Crippen molar-refractivity contribution in [1.29, 1.82) is 0 Å². The first-order valence-electron chi connectivity index (χ1n) is 5.43. The van der Waals surface area contributed by atoms with Gasteiger partial charge in [0.25, 0.3) is 0 Å². The summed E-state index contributed by atoms with van der Waals surface area (Å²) in [4.78, 5) is 14.7. The minimum atomic E-state index is 0.755. The fourth-order valence-corrected chi connectivity index (χ4v) is 2.66. The van der Waals surface area contributed by atoms with Crippen LogP contribution in [0.5, 0.6) is 0 Å². The quantitative estimate of drug-likeness (QED) is 0.776. The summed E-state index contributed by atoms with van der Waals surface area (Å²) in [5, 5.41) is 4.07. The standard InChI is InChI=1S/C10H12N6S/c1-3-17-4-2-15(1)9-5-10(13-7-12-9)16-8-11-6-14-16/h5-8H,1-4H2.